The van der Waals surface area contributed by atoms with Crippen LogP contribution in [0.1, 0.15) is 0 Å². The minimum Gasteiger partial charge on any atom is -0.135 e. The quantitative estimate of drug-likeness (QED) is 0.120. The minimum absolute atomic E-state index is 1.18. The highest BCUT2D eigenvalue weighted by atomic mass is 32.1. The lowest BCUT2D eigenvalue weighted by Crippen LogP contribution is -1.93. The van der Waals surface area contributed by atoms with Gasteiger partial charge in [0.15, 0.2) is 0 Å². The summed E-state index contributed by atoms with van der Waals surface area (Å²) in [4.78, 5) is 5.04. The Bertz CT molecular complexity index is 3800. The maximum Gasteiger partial charge on any atom is 0.0349 e. The zero-order valence-electron chi connectivity index (χ0n) is 39.4. The predicted molar refractivity (Wildman–Crippen MR) is 312 cm³/mol. The van der Waals surface area contributed by atoms with Crippen molar-refractivity contribution in [1.82, 2.24) is 0 Å². The molecule has 338 valence electrons. The molecule has 0 unspecified atom stereocenters. The van der Waals surface area contributed by atoms with Crippen molar-refractivity contribution in [1.29, 1.82) is 0 Å². The molecule has 2 aromatic heterocycles. The van der Waals surface area contributed by atoms with Crippen molar-refractivity contribution in [2.45, 2.75) is 0 Å². The molecule has 2 heterocycles. The Morgan fingerprint density at radius 1 is 0.153 bits per heavy atom. The second-order valence-electron chi connectivity index (χ2n) is 18.4. The Morgan fingerprint density at radius 3 is 0.792 bits per heavy atom. The second-order valence-corrected chi connectivity index (χ2v) is 20.6. The maximum absolute atomic E-state index is 2.45. The second kappa shape index (κ2) is 18.9. The molecule has 0 aliphatic rings. The minimum atomic E-state index is 1.18. The summed E-state index contributed by atoms with van der Waals surface area (Å²) < 4.78 is 0. The van der Waals surface area contributed by atoms with Crippen LogP contribution in [0.5, 0.6) is 0 Å². The van der Waals surface area contributed by atoms with Crippen molar-refractivity contribution in [3.63, 3.8) is 0 Å². The van der Waals surface area contributed by atoms with Gasteiger partial charge >= 0.3 is 0 Å². The van der Waals surface area contributed by atoms with Crippen LogP contribution in [0.15, 0.2) is 279 Å². The van der Waals surface area contributed by atoms with Crippen LogP contribution >= 0.6 is 22.7 Å². The topological polar surface area (TPSA) is 0 Å². The molecule has 0 aliphatic carbocycles. The molecular formula is C70H46S2. The zero-order valence-corrected chi connectivity index (χ0v) is 41.0. The lowest BCUT2D eigenvalue weighted by atomic mass is 9.83. The molecule has 0 radical (unpaired) electrons. The fourth-order valence-electron chi connectivity index (χ4n) is 10.4. The van der Waals surface area contributed by atoms with Crippen LogP contribution in [0.3, 0.4) is 0 Å². The summed E-state index contributed by atoms with van der Waals surface area (Å²) in [6.07, 6.45) is 0. The Morgan fingerprint density at radius 2 is 0.417 bits per heavy atom. The van der Waals surface area contributed by atoms with Gasteiger partial charge < -0.3 is 0 Å². The normalized spacial score (nSPS) is 11.3. The third-order valence-corrected chi connectivity index (χ3v) is 16.3. The number of hydrogen-bond acceptors (Lipinski definition) is 2. The Hall–Kier alpha value is -8.66. The van der Waals surface area contributed by atoms with E-state index in [1.54, 1.807) is 0 Å². The van der Waals surface area contributed by atoms with Crippen molar-refractivity contribution < 1.29 is 0 Å². The van der Waals surface area contributed by atoms with Gasteiger partial charge in [0.1, 0.15) is 0 Å². The van der Waals surface area contributed by atoms with Crippen LogP contribution in [-0.4, -0.2) is 0 Å². The molecule has 0 N–H and O–H groups in total. The molecule has 13 aromatic rings. The van der Waals surface area contributed by atoms with Crippen LogP contribution in [0.4, 0.5) is 0 Å². The molecule has 0 atom stereocenters. The summed E-state index contributed by atoms with van der Waals surface area (Å²) in [7, 11) is 0. The lowest BCUT2D eigenvalue weighted by molar-refractivity contribution is 1.59. The lowest BCUT2D eigenvalue weighted by Gasteiger charge is -2.20. The van der Waals surface area contributed by atoms with Gasteiger partial charge in [0.2, 0.25) is 0 Å². The molecule has 0 fully saturated rings. The molecule has 0 spiro atoms. The van der Waals surface area contributed by atoms with Gasteiger partial charge in [0.25, 0.3) is 0 Å². The predicted octanol–water partition coefficient (Wildman–Crippen LogP) is 20.8. The van der Waals surface area contributed by atoms with E-state index in [1.807, 2.05) is 22.7 Å². The average Bonchev–Trinajstić information content (AvgIpc) is 4.18. The van der Waals surface area contributed by atoms with E-state index in [2.05, 4.69) is 279 Å². The van der Waals surface area contributed by atoms with Crippen LogP contribution in [0, 0.1) is 0 Å². The third kappa shape index (κ3) is 8.37. The molecule has 0 aliphatic heterocycles. The van der Waals surface area contributed by atoms with E-state index in [4.69, 9.17) is 0 Å². The highest BCUT2D eigenvalue weighted by Crippen LogP contribution is 2.48. The van der Waals surface area contributed by atoms with Crippen molar-refractivity contribution in [2.24, 2.45) is 0 Å². The Kier molecular flexibility index (Phi) is 11.4. The van der Waals surface area contributed by atoms with E-state index in [-0.39, 0.29) is 0 Å². The van der Waals surface area contributed by atoms with Crippen molar-refractivity contribution in [3.05, 3.63) is 279 Å². The first-order valence-corrected chi connectivity index (χ1v) is 26.2. The largest absolute Gasteiger partial charge is 0.135 e. The first-order valence-electron chi connectivity index (χ1n) is 24.5. The van der Waals surface area contributed by atoms with Crippen molar-refractivity contribution in [2.75, 3.05) is 0 Å². The van der Waals surface area contributed by atoms with Gasteiger partial charge in [0.05, 0.1) is 0 Å². The fraction of sp³-hybridized carbons (Fsp3) is 0. The molecule has 0 amide bonds. The standard InChI is InChI=1S/C70H46S2/c1-5-17-47(18-6-1)51-25-13-27-53(41-51)55-33-35-61-63(45-55)69(59-31-15-29-57(43-59)67-39-37-65(71-67)49-21-9-3-10-22-49)62-36-34-56(54-28-14-26-52(42-54)48-19-7-2-8-20-48)46-64(62)70(61)60-32-16-30-58(44-60)68-40-38-66(72-68)50-23-11-4-12-24-50/h1-46H. The zero-order chi connectivity index (χ0) is 47.8. The van der Waals surface area contributed by atoms with Gasteiger partial charge in [0, 0.05) is 19.5 Å². The van der Waals surface area contributed by atoms with Gasteiger partial charge in [-0.1, -0.05) is 218 Å². The number of hydrogen-bond donors (Lipinski definition) is 0. The van der Waals surface area contributed by atoms with Crippen molar-refractivity contribution in [3.8, 4) is 109 Å². The van der Waals surface area contributed by atoms with E-state index >= 15 is 0 Å². The maximum atomic E-state index is 2.45. The molecule has 0 saturated heterocycles. The number of rotatable bonds is 10. The molecule has 0 saturated carbocycles. The smallest absolute Gasteiger partial charge is 0.0349 e. The van der Waals surface area contributed by atoms with Gasteiger partial charge in [-0.2, -0.15) is 0 Å². The summed E-state index contributed by atoms with van der Waals surface area (Å²) in [5, 5.41) is 4.88. The monoisotopic (exact) mass is 950 g/mol. The summed E-state index contributed by atoms with van der Waals surface area (Å²) in [5.74, 6) is 0. The first kappa shape index (κ1) is 43.4. The van der Waals surface area contributed by atoms with E-state index < -0.39 is 0 Å². The Labute approximate surface area is 429 Å². The highest BCUT2D eigenvalue weighted by Gasteiger charge is 2.21. The van der Waals surface area contributed by atoms with Crippen LogP contribution in [0.25, 0.3) is 130 Å². The third-order valence-electron chi connectivity index (χ3n) is 13.9. The van der Waals surface area contributed by atoms with Gasteiger partial charge in [-0.3, -0.25) is 0 Å². The highest BCUT2D eigenvalue weighted by molar-refractivity contribution is 7.19. The molecule has 72 heavy (non-hydrogen) atoms. The van der Waals surface area contributed by atoms with Gasteiger partial charge in [-0.05, 0) is 171 Å². The summed E-state index contributed by atoms with van der Waals surface area (Å²) in [6.45, 7) is 0. The fourth-order valence-corrected chi connectivity index (χ4v) is 12.4. The molecule has 2 heteroatoms. The molecule has 13 rings (SSSR count). The molecule has 0 nitrogen and oxygen atoms in total. The first-order chi connectivity index (χ1) is 35.7. The molecular weight excluding hydrogens is 905 g/mol. The van der Waals surface area contributed by atoms with Crippen molar-refractivity contribution >= 4 is 44.2 Å². The number of fused-ring (bicyclic) bond motifs is 2. The van der Waals surface area contributed by atoms with Crippen LogP contribution < -0.4 is 0 Å². The van der Waals surface area contributed by atoms with Crippen LogP contribution in [0.2, 0.25) is 0 Å². The summed E-state index contributed by atoms with van der Waals surface area (Å²) in [6, 6.07) is 103. The molecule has 0 bridgehead atoms. The van der Waals surface area contributed by atoms with E-state index in [0.717, 1.165) is 0 Å². The van der Waals surface area contributed by atoms with Crippen LogP contribution in [-0.2, 0) is 0 Å². The summed E-state index contributed by atoms with van der Waals surface area (Å²) >= 11 is 3.70. The van der Waals surface area contributed by atoms with E-state index in [1.165, 1.54) is 130 Å². The van der Waals surface area contributed by atoms with E-state index in [9.17, 15) is 0 Å². The SMILES string of the molecule is c1ccc(-c2cccc(-c3ccc4c(-c5cccc(-c6ccc(-c7ccccc7)s6)c5)c5cc(-c6cccc(-c7ccccc7)c6)ccc5c(-c5cccc(-c6ccc(-c7ccccc7)s6)c5)c4c3)c2)cc1. The number of benzene rings is 11. The van der Waals surface area contributed by atoms with Gasteiger partial charge in [-0.15, -0.1) is 22.7 Å². The van der Waals surface area contributed by atoms with Gasteiger partial charge in [-0.25, -0.2) is 0 Å². The van der Waals surface area contributed by atoms with E-state index in [0.29, 0.717) is 0 Å². The Balaban J connectivity index is 1.06. The average molecular weight is 951 g/mol. The number of thiophene rings is 2. The molecule has 11 aromatic carbocycles. The summed E-state index contributed by atoms with van der Waals surface area (Å²) in [5.41, 5.74) is 19.3.